The minimum atomic E-state index is 0.403. The van der Waals surface area contributed by atoms with Crippen molar-refractivity contribution in [1.29, 1.82) is 0 Å². The fraction of sp³-hybridized carbons (Fsp3) is 0.417. The molecule has 0 saturated carbocycles. The van der Waals surface area contributed by atoms with Gasteiger partial charge in [0.05, 0.1) is 12.2 Å². The Morgan fingerprint density at radius 3 is 2.83 bits per heavy atom. The minimum absolute atomic E-state index is 0.403. The Morgan fingerprint density at radius 2 is 2.17 bits per heavy atom. The van der Waals surface area contributed by atoms with Crippen molar-refractivity contribution in [2.24, 2.45) is 0 Å². The van der Waals surface area contributed by atoms with E-state index in [1.54, 1.807) is 4.68 Å². The van der Waals surface area contributed by atoms with Crippen LogP contribution in [-0.2, 0) is 6.54 Å². The first-order valence-electron chi connectivity index (χ1n) is 5.85. The fourth-order valence-corrected chi connectivity index (χ4v) is 1.89. The molecule has 18 heavy (non-hydrogen) atoms. The van der Waals surface area contributed by atoms with E-state index in [2.05, 4.69) is 57.5 Å². The van der Waals surface area contributed by atoms with E-state index >= 15 is 0 Å². The van der Waals surface area contributed by atoms with Crippen molar-refractivity contribution >= 4 is 15.9 Å². The molecule has 0 fully saturated rings. The molecule has 0 aliphatic rings. The smallest absolute Gasteiger partial charge is 0.170 e. The van der Waals surface area contributed by atoms with E-state index in [0.29, 0.717) is 12.6 Å². The van der Waals surface area contributed by atoms with E-state index < -0.39 is 0 Å². The van der Waals surface area contributed by atoms with Gasteiger partial charge in [0.2, 0.25) is 0 Å². The monoisotopic (exact) mass is 309 g/mol. The first-order valence-corrected chi connectivity index (χ1v) is 6.64. The fourth-order valence-electron chi connectivity index (χ4n) is 1.53. The number of rotatable bonds is 4. The summed E-state index contributed by atoms with van der Waals surface area (Å²) in [5, 5.41) is 15.1. The average molecular weight is 310 g/mol. The third kappa shape index (κ3) is 2.94. The van der Waals surface area contributed by atoms with Crippen LogP contribution < -0.4 is 5.32 Å². The number of aromatic nitrogens is 4. The normalized spacial score (nSPS) is 11.2. The van der Waals surface area contributed by atoms with Gasteiger partial charge in [0, 0.05) is 10.5 Å². The zero-order valence-corrected chi connectivity index (χ0v) is 12.3. The molecule has 0 spiro atoms. The van der Waals surface area contributed by atoms with Crippen LogP contribution in [0.15, 0.2) is 22.7 Å². The van der Waals surface area contributed by atoms with Crippen LogP contribution in [-0.4, -0.2) is 26.2 Å². The van der Waals surface area contributed by atoms with E-state index in [1.165, 1.54) is 5.56 Å². The van der Waals surface area contributed by atoms with Crippen molar-refractivity contribution in [2.75, 3.05) is 0 Å². The van der Waals surface area contributed by atoms with Gasteiger partial charge in [0.1, 0.15) is 0 Å². The Kier molecular flexibility index (Phi) is 4.08. The molecule has 2 rings (SSSR count). The maximum atomic E-state index is 4.04. The van der Waals surface area contributed by atoms with Gasteiger partial charge < -0.3 is 5.32 Å². The first-order chi connectivity index (χ1) is 8.58. The van der Waals surface area contributed by atoms with Crippen molar-refractivity contribution in [3.05, 3.63) is 34.1 Å². The molecular weight excluding hydrogens is 294 g/mol. The van der Waals surface area contributed by atoms with Gasteiger partial charge >= 0.3 is 0 Å². The third-order valence-corrected chi connectivity index (χ3v) is 3.46. The number of tetrazole rings is 1. The number of nitrogens with zero attached hydrogens (tertiary/aromatic N) is 4. The molecule has 1 N–H and O–H groups in total. The average Bonchev–Trinajstić information content (AvgIpc) is 2.78. The first kappa shape index (κ1) is 13.2. The summed E-state index contributed by atoms with van der Waals surface area (Å²) < 4.78 is 2.80. The summed E-state index contributed by atoms with van der Waals surface area (Å²) in [5.41, 5.74) is 2.15. The lowest BCUT2D eigenvalue weighted by molar-refractivity contribution is 0.563. The molecule has 0 unspecified atom stereocenters. The van der Waals surface area contributed by atoms with Gasteiger partial charge in [-0.2, -0.15) is 4.68 Å². The highest BCUT2D eigenvalue weighted by atomic mass is 79.9. The highest BCUT2D eigenvalue weighted by molar-refractivity contribution is 9.10. The van der Waals surface area contributed by atoms with Crippen molar-refractivity contribution in [2.45, 2.75) is 33.4 Å². The molecule has 0 saturated heterocycles. The largest absolute Gasteiger partial charge is 0.308 e. The van der Waals surface area contributed by atoms with E-state index in [0.717, 1.165) is 16.0 Å². The Labute approximate surface area is 115 Å². The van der Waals surface area contributed by atoms with E-state index in [4.69, 9.17) is 0 Å². The van der Waals surface area contributed by atoms with E-state index in [9.17, 15) is 0 Å². The van der Waals surface area contributed by atoms with E-state index in [1.807, 2.05) is 18.2 Å². The molecule has 0 amide bonds. The molecule has 0 aliphatic heterocycles. The predicted octanol–water partition coefficient (Wildman–Crippen LogP) is 2.23. The molecule has 1 aromatic carbocycles. The van der Waals surface area contributed by atoms with Crippen LogP contribution in [0.2, 0.25) is 0 Å². The quantitative estimate of drug-likeness (QED) is 0.941. The van der Waals surface area contributed by atoms with Gasteiger partial charge in [0.15, 0.2) is 5.82 Å². The molecule has 1 heterocycles. The molecule has 6 heteroatoms. The summed E-state index contributed by atoms with van der Waals surface area (Å²) in [4.78, 5) is 0. The van der Waals surface area contributed by atoms with Crippen LogP contribution in [0.25, 0.3) is 5.69 Å². The molecule has 1 aromatic heterocycles. The summed E-state index contributed by atoms with van der Waals surface area (Å²) in [6.07, 6.45) is 0. The minimum Gasteiger partial charge on any atom is -0.308 e. The number of aryl methyl sites for hydroxylation is 1. The Balaban J connectivity index is 2.27. The number of benzene rings is 1. The van der Waals surface area contributed by atoms with Crippen molar-refractivity contribution in [3.63, 3.8) is 0 Å². The van der Waals surface area contributed by atoms with Crippen LogP contribution in [0, 0.1) is 6.92 Å². The van der Waals surface area contributed by atoms with Gasteiger partial charge in [0.25, 0.3) is 0 Å². The van der Waals surface area contributed by atoms with Gasteiger partial charge in [-0.05, 0) is 35.0 Å². The lowest BCUT2D eigenvalue weighted by Crippen LogP contribution is -2.24. The highest BCUT2D eigenvalue weighted by Gasteiger charge is 2.09. The third-order valence-electron chi connectivity index (χ3n) is 2.60. The molecule has 2 aromatic rings. The number of halogens is 1. The molecule has 0 bridgehead atoms. The number of nitrogens with one attached hydrogen (secondary N) is 1. The predicted molar refractivity (Wildman–Crippen MR) is 73.6 cm³/mol. The summed E-state index contributed by atoms with van der Waals surface area (Å²) in [6.45, 7) is 6.89. The SMILES string of the molecule is Cc1ccc(-n2nnnc2CNC(C)C)cc1Br. The molecular formula is C12H16BrN5. The standard InChI is InChI=1S/C12H16BrN5/c1-8(2)14-7-12-15-16-17-18(12)10-5-4-9(3)11(13)6-10/h4-6,8,14H,7H2,1-3H3. The Bertz CT molecular complexity index is 535. The van der Waals surface area contributed by atoms with E-state index in [-0.39, 0.29) is 0 Å². The second-order valence-corrected chi connectivity index (χ2v) is 5.33. The zero-order chi connectivity index (χ0) is 13.1. The van der Waals surface area contributed by atoms with Gasteiger partial charge in [-0.1, -0.05) is 35.8 Å². The second kappa shape index (κ2) is 5.58. The Hall–Kier alpha value is -1.27. The highest BCUT2D eigenvalue weighted by Crippen LogP contribution is 2.19. The van der Waals surface area contributed by atoms with Gasteiger partial charge in [-0.15, -0.1) is 5.10 Å². The molecule has 0 atom stereocenters. The van der Waals surface area contributed by atoms with Crippen LogP contribution in [0.3, 0.4) is 0 Å². The van der Waals surface area contributed by atoms with Crippen molar-refractivity contribution in [1.82, 2.24) is 25.5 Å². The maximum absolute atomic E-state index is 4.04. The zero-order valence-electron chi connectivity index (χ0n) is 10.7. The number of hydrogen-bond donors (Lipinski definition) is 1. The van der Waals surface area contributed by atoms with Crippen molar-refractivity contribution < 1.29 is 0 Å². The summed E-state index contributed by atoms with van der Waals surface area (Å²) in [5.74, 6) is 0.805. The van der Waals surface area contributed by atoms with Crippen LogP contribution in [0.4, 0.5) is 0 Å². The summed E-state index contributed by atoms with van der Waals surface area (Å²) >= 11 is 3.52. The van der Waals surface area contributed by atoms with Crippen LogP contribution >= 0.6 is 15.9 Å². The lowest BCUT2D eigenvalue weighted by Gasteiger charge is -2.09. The topological polar surface area (TPSA) is 55.6 Å². The van der Waals surface area contributed by atoms with Crippen molar-refractivity contribution in [3.8, 4) is 5.69 Å². The summed E-state index contributed by atoms with van der Waals surface area (Å²) in [6, 6.07) is 6.47. The van der Waals surface area contributed by atoms with Crippen LogP contribution in [0.1, 0.15) is 25.2 Å². The number of hydrogen-bond acceptors (Lipinski definition) is 4. The van der Waals surface area contributed by atoms with Gasteiger partial charge in [-0.25, -0.2) is 0 Å². The molecule has 96 valence electrons. The molecule has 5 nitrogen and oxygen atoms in total. The second-order valence-electron chi connectivity index (χ2n) is 4.48. The maximum Gasteiger partial charge on any atom is 0.170 e. The Morgan fingerprint density at radius 1 is 1.39 bits per heavy atom. The van der Waals surface area contributed by atoms with Crippen LogP contribution in [0.5, 0.6) is 0 Å². The molecule has 0 aliphatic carbocycles. The molecule has 0 radical (unpaired) electrons. The summed E-state index contributed by atoms with van der Waals surface area (Å²) in [7, 11) is 0. The van der Waals surface area contributed by atoms with Gasteiger partial charge in [-0.3, -0.25) is 0 Å². The lowest BCUT2D eigenvalue weighted by atomic mass is 10.2.